The molecule has 0 aliphatic carbocycles. The Labute approximate surface area is 137 Å². The Morgan fingerprint density at radius 3 is 2.73 bits per heavy atom. The molecule has 122 valence electrons. The fraction of sp³-hybridized carbons (Fsp3) is 0.538. The van der Waals surface area contributed by atoms with E-state index >= 15 is 0 Å². The van der Waals surface area contributed by atoms with Gasteiger partial charge in [0.15, 0.2) is 0 Å². The van der Waals surface area contributed by atoms with E-state index in [1.165, 1.54) is 30.9 Å². The largest absolute Gasteiger partial charge is 0.449 e. The van der Waals surface area contributed by atoms with E-state index in [0.29, 0.717) is 12.3 Å². The third-order valence-electron chi connectivity index (χ3n) is 3.12. The zero-order valence-corrected chi connectivity index (χ0v) is 14.4. The van der Waals surface area contributed by atoms with Gasteiger partial charge in [0.1, 0.15) is 5.37 Å². The van der Waals surface area contributed by atoms with Crippen LogP contribution in [0.1, 0.15) is 13.8 Å². The molecule has 0 aromatic carbocycles. The second-order valence-electron chi connectivity index (χ2n) is 4.39. The Balaban J connectivity index is 2.28. The first-order valence-corrected chi connectivity index (χ1v) is 8.33. The number of hydrogen-bond acceptors (Lipinski definition) is 7. The smallest absolute Gasteiger partial charge is 0.415 e. The minimum absolute atomic E-state index is 0.294. The highest BCUT2D eigenvalue weighted by atomic mass is 32.2. The third-order valence-corrected chi connectivity index (χ3v) is 5.80. The van der Waals surface area contributed by atoms with E-state index in [1.807, 2.05) is 0 Å². The lowest BCUT2D eigenvalue weighted by molar-refractivity contribution is -0.170. The van der Waals surface area contributed by atoms with E-state index in [-0.39, 0.29) is 11.3 Å². The predicted molar refractivity (Wildman–Crippen MR) is 84.6 cm³/mol. The number of carbonyl (C=O) groups excluding carboxylic acids is 2. The SMILES string of the molecule is CCOC(=O)N1C=CSC1C1=C(C)NC(=O)C(OC)(OC)S1. The fourth-order valence-electron chi connectivity index (χ4n) is 2.03. The molecule has 0 saturated carbocycles. The molecule has 0 aromatic rings. The summed E-state index contributed by atoms with van der Waals surface area (Å²) in [5.41, 5.74) is 0.662. The maximum Gasteiger partial charge on any atom is 0.415 e. The molecule has 2 aliphatic heterocycles. The molecule has 2 amide bonds. The summed E-state index contributed by atoms with van der Waals surface area (Å²) < 4.78 is 15.6. The average Bonchev–Trinajstić information content (AvgIpc) is 2.98. The van der Waals surface area contributed by atoms with Crippen molar-refractivity contribution in [1.82, 2.24) is 10.2 Å². The molecule has 2 heterocycles. The quantitative estimate of drug-likeness (QED) is 0.781. The molecular weight excluding hydrogens is 328 g/mol. The van der Waals surface area contributed by atoms with Gasteiger partial charge in [-0.05, 0) is 19.3 Å². The minimum atomic E-state index is -1.46. The van der Waals surface area contributed by atoms with Crippen LogP contribution in [0, 0.1) is 0 Å². The van der Waals surface area contributed by atoms with Gasteiger partial charge < -0.3 is 19.5 Å². The van der Waals surface area contributed by atoms with Crippen molar-refractivity contribution >= 4 is 35.5 Å². The van der Waals surface area contributed by atoms with Crippen LogP contribution in [-0.2, 0) is 19.0 Å². The lowest BCUT2D eigenvalue weighted by Crippen LogP contribution is -2.51. The minimum Gasteiger partial charge on any atom is -0.449 e. The van der Waals surface area contributed by atoms with Gasteiger partial charge >= 0.3 is 11.2 Å². The van der Waals surface area contributed by atoms with Crippen molar-refractivity contribution in [3.63, 3.8) is 0 Å². The number of nitrogens with one attached hydrogen (secondary N) is 1. The van der Waals surface area contributed by atoms with Crippen LogP contribution in [0.15, 0.2) is 22.2 Å². The Hall–Kier alpha value is -1.16. The molecule has 2 rings (SSSR count). The van der Waals surface area contributed by atoms with Crippen molar-refractivity contribution < 1.29 is 23.8 Å². The Kier molecular flexibility index (Phi) is 5.43. The number of nitrogens with zero attached hydrogens (tertiary/aromatic N) is 1. The van der Waals surface area contributed by atoms with Gasteiger partial charge in [-0.2, -0.15) is 0 Å². The molecule has 0 spiro atoms. The van der Waals surface area contributed by atoms with Gasteiger partial charge in [-0.25, -0.2) is 4.79 Å². The van der Waals surface area contributed by atoms with Crippen LogP contribution in [0.4, 0.5) is 4.79 Å². The van der Waals surface area contributed by atoms with Gasteiger partial charge in [0, 0.05) is 31.0 Å². The molecule has 1 N–H and O–H groups in total. The number of allylic oxidation sites excluding steroid dienone is 1. The standard InChI is InChI=1S/C13H18N2O5S2/c1-5-20-12(17)15-6-7-21-10(15)9-8(2)14-11(16)13(18-3,19-4)22-9/h6-7,10H,5H2,1-4H3,(H,14,16). The molecule has 0 saturated heterocycles. The molecule has 0 radical (unpaired) electrons. The van der Waals surface area contributed by atoms with Gasteiger partial charge in [-0.3, -0.25) is 9.69 Å². The summed E-state index contributed by atoms with van der Waals surface area (Å²) in [6.45, 7) is 3.82. The van der Waals surface area contributed by atoms with E-state index in [1.54, 1.807) is 25.5 Å². The first-order valence-electron chi connectivity index (χ1n) is 6.57. The highest BCUT2D eigenvalue weighted by Crippen LogP contribution is 2.46. The number of hydrogen-bond donors (Lipinski definition) is 1. The number of amides is 2. The monoisotopic (exact) mass is 346 g/mol. The van der Waals surface area contributed by atoms with E-state index in [2.05, 4.69) is 5.32 Å². The summed E-state index contributed by atoms with van der Waals surface area (Å²) >= 11 is 2.59. The second kappa shape index (κ2) is 6.95. The predicted octanol–water partition coefficient (Wildman–Crippen LogP) is 2.03. The Morgan fingerprint density at radius 1 is 1.45 bits per heavy atom. The summed E-state index contributed by atoms with van der Waals surface area (Å²) in [5, 5.41) is 2.76. The van der Waals surface area contributed by atoms with Crippen molar-refractivity contribution in [2.75, 3.05) is 20.8 Å². The van der Waals surface area contributed by atoms with Crippen molar-refractivity contribution in [3.05, 3.63) is 22.2 Å². The maximum atomic E-state index is 12.1. The fourth-order valence-corrected chi connectivity index (χ4v) is 4.29. The van der Waals surface area contributed by atoms with Gasteiger partial charge in [0.25, 0.3) is 5.91 Å². The van der Waals surface area contributed by atoms with Crippen molar-refractivity contribution in [3.8, 4) is 0 Å². The number of carbonyl (C=O) groups is 2. The molecule has 1 unspecified atom stereocenters. The van der Waals surface area contributed by atoms with Crippen LogP contribution in [0.5, 0.6) is 0 Å². The molecule has 0 fully saturated rings. The molecule has 0 aromatic heterocycles. The average molecular weight is 346 g/mol. The van der Waals surface area contributed by atoms with Crippen molar-refractivity contribution in [2.45, 2.75) is 24.3 Å². The zero-order valence-electron chi connectivity index (χ0n) is 12.7. The van der Waals surface area contributed by atoms with Crippen molar-refractivity contribution in [1.29, 1.82) is 0 Å². The van der Waals surface area contributed by atoms with E-state index in [0.717, 1.165) is 16.7 Å². The highest BCUT2D eigenvalue weighted by molar-refractivity contribution is 8.08. The molecule has 2 aliphatic rings. The molecule has 22 heavy (non-hydrogen) atoms. The van der Waals surface area contributed by atoms with Crippen LogP contribution in [0.25, 0.3) is 0 Å². The van der Waals surface area contributed by atoms with Crippen LogP contribution >= 0.6 is 23.5 Å². The topological polar surface area (TPSA) is 77.1 Å². The second-order valence-corrected chi connectivity index (χ2v) is 6.56. The summed E-state index contributed by atoms with van der Waals surface area (Å²) in [4.78, 5) is 26.4. The van der Waals surface area contributed by atoms with Gasteiger partial charge in [-0.15, -0.1) is 11.8 Å². The molecule has 7 nitrogen and oxygen atoms in total. The van der Waals surface area contributed by atoms with Gasteiger partial charge in [0.2, 0.25) is 0 Å². The lowest BCUT2D eigenvalue weighted by atomic mass is 10.3. The summed E-state index contributed by atoms with van der Waals surface area (Å²) in [6.07, 6.45) is 1.22. The molecule has 9 heteroatoms. The number of ether oxygens (including phenoxy) is 3. The van der Waals surface area contributed by atoms with Crippen LogP contribution < -0.4 is 5.32 Å². The van der Waals surface area contributed by atoms with Gasteiger partial charge in [0.05, 0.1) is 6.61 Å². The van der Waals surface area contributed by atoms with E-state index in [9.17, 15) is 9.59 Å². The number of methoxy groups -OCH3 is 2. The van der Waals surface area contributed by atoms with Crippen molar-refractivity contribution in [2.24, 2.45) is 0 Å². The highest BCUT2D eigenvalue weighted by Gasteiger charge is 2.48. The summed E-state index contributed by atoms with van der Waals surface area (Å²) in [7, 11) is 2.80. The molecule has 0 bridgehead atoms. The lowest BCUT2D eigenvalue weighted by Gasteiger charge is -2.36. The van der Waals surface area contributed by atoms with Crippen LogP contribution in [-0.4, -0.2) is 48.2 Å². The van der Waals surface area contributed by atoms with E-state index < -0.39 is 11.2 Å². The first-order chi connectivity index (χ1) is 10.5. The zero-order chi connectivity index (χ0) is 16.3. The Morgan fingerprint density at radius 2 is 2.14 bits per heavy atom. The van der Waals surface area contributed by atoms with Crippen LogP contribution in [0.3, 0.4) is 0 Å². The normalized spacial score (nSPS) is 23.7. The molecule has 1 atom stereocenters. The number of rotatable bonds is 4. The maximum absolute atomic E-state index is 12.1. The summed E-state index contributed by atoms with van der Waals surface area (Å²) in [6, 6.07) is 0. The molecular formula is C13H18N2O5S2. The Bertz CT molecular complexity index is 531. The van der Waals surface area contributed by atoms with Gasteiger partial charge in [-0.1, -0.05) is 11.8 Å². The number of thioether (sulfide) groups is 2. The summed E-state index contributed by atoms with van der Waals surface area (Å²) in [5.74, 6) is -0.387. The van der Waals surface area contributed by atoms with E-state index in [4.69, 9.17) is 14.2 Å². The van der Waals surface area contributed by atoms with Crippen LogP contribution in [0.2, 0.25) is 0 Å². The first kappa shape index (κ1) is 17.2. The third kappa shape index (κ3) is 2.98.